The molecule has 18 heavy (non-hydrogen) atoms. The number of para-hydroxylation sites is 1. The van der Waals surface area contributed by atoms with Crippen molar-refractivity contribution in [2.45, 2.75) is 19.4 Å². The van der Waals surface area contributed by atoms with Crippen LogP contribution in [-0.2, 0) is 4.79 Å². The fourth-order valence-electron chi connectivity index (χ4n) is 1.51. The summed E-state index contributed by atoms with van der Waals surface area (Å²) in [6, 6.07) is 3.55. The number of primary amides is 1. The van der Waals surface area contributed by atoms with Crippen LogP contribution in [0.1, 0.15) is 23.7 Å². The van der Waals surface area contributed by atoms with Crippen LogP contribution in [0.4, 0.5) is 10.1 Å². The van der Waals surface area contributed by atoms with Gasteiger partial charge < -0.3 is 16.5 Å². The number of hydrazine groups is 1. The molecule has 7 heteroatoms. The van der Waals surface area contributed by atoms with Crippen molar-refractivity contribution in [1.29, 1.82) is 0 Å². The lowest BCUT2D eigenvalue weighted by Crippen LogP contribution is -2.36. The summed E-state index contributed by atoms with van der Waals surface area (Å²) < 4.78 is 13.4. The van der Waals surface area contributed by atoms with Gasteiger partial charge in [0.25, 0.3) is 5.91 Å². The quantitative estimate of drug-likeness (QED) is 0.441. The van der Waals surface area contributed by atoms with Crippen molar-refractivity contribution < 1.29 is 14.0 Å². The summed E-state index contributed by atoms with van der Waals surface area (Å²) in [4.78, 5) is 22.5. The molecule has 0 spiro atoms. The predicted molar refractivity (Wildman–Crippen MR) is 64.9 cm³/mol. The second kappa shape index (κ2) is 5.97. The third kappa shape index (κ3) is 3.42. The minimum atomic E-state index is -0.632. The molecule has 0 radical (unpaired) electrons. The molecule has 1 aromatic carbocycles. The van der Waals surface area contributed by atoms with Gasteiger partial charge in [-0.25, -0.2) is 4.39 Å². The van der Waals surface area contributed by atoms with Crippen LogP contribution >= 0.6 is 0 Å². The van der Waals surface area contributed by atoms with Crippen molar-refractivity contribution in [3.63, 3.8) is 0 Å². The zero-order chi connectivity index (χ0) is 13.7. The summed E-state index contributed by atoms with van der Waals surface area (Å²) in [7, 11) is 0. The first-order chi connectivity index (χ1) is 8.45. The Labute approximate surface area is 103 Å². The van der Waals surface area contributed by atoms with Gasteiger partial charge in [-0.2, -0.15) is 0 Å². The molecule has 0 bridgehead atoms. The zero-order valence-electron chi connectivity index (χ0n) is 9.87. The van der Waals surface area contributed by atoms with Crippen LogP contribution in [0.3, 0.4) is 0 Å². The summed E-state index contributed by atoms with van der Waals surface area (Å²) in [5.41, 5.74) is 7.10. The summed E-state index contributed by atoms with van der Waals surface area (Å²) in [6.07, 6.45) is 0.00639. The highest BCUT2D eigenvalue weighted by Gasteiger charge is 2.16. The first kappa shape index (κ1) is 13.9. The summed E-state index contributed by atoms with van der Waals surface area (Å²) in [6.45, 7) is 1.62. The molecule has 2 amide bonds. The first-order valence-electron chi connectivity index (χ1n) is 5.30. The maximum Gasteiger partial charge on any atom is 0.253 e. The van der Waals surface area contributed by atoms with Crippen LogP contribution < -0.4 is 22.3 Å². The maximum absolute atomic E-state index is 13.4. The van der Waals surface area contributed by atoms with Gasteiger partial charge in [0.2, 0.25) is 5.91 Å². The van der Waals surface area contributed by atoms with E-state index in [2.05, 4.69) is 10.7 Å². The molecule has 0 fully saturated rings. The Morgan fingerprint density at radius 2 is 2.11 bits per heavy atom. The Balaban J connectivity index is 2.84. The fourth-order valence-corrected chi connectivity index (χ4v) is 1.51. The maximum atomic E-state index is 13.4. The number of hydrogen-bond donors (Lipinski definition) is 4. The Bertz CT molecular complexity index is 464. The van der Waals surface area contributed by atoms with E-state index in [0.717, 1.165) is 0 Å². The number of nitrogens with one attached hydrogen (secondary N) is 2. The van der Waals surface area contributed by atoms with Gasteiger partial charge in [-0.3, -0.25) is 15.4 Å². The standard InChI is InChI=1S/C11H15FN4O2/c1-6(5-9(13)17)15-11(18)7-3-2-4-8(12)10(7)16-14/h2-4,6,16H,5,14H2,1H3,(H2,13,17)(H,15,18). The third-order valence-corrected chi connectivity index (χ3v) is 2.29. The van der Waals surface area contributed by atoms with Gasteiger partial charge in [0.15, 0.2) is 0 Å². The van der Waals surface area contributed by atoms with E-state index in [1.165, 1.54) is 18.2 Å². The normalized spacial score (nSPS) is 11.7. The van der Waals surface area contributed by atoms with Crippen molar-refractivity contribution in [2.24, 2.45) is 11.6 Å². The van der Waals surface area contributed by atoms with Gasteiger partial charge in [0.05, 0.1) is 11.3 Å². The highest BCUT2D eigenvalue weighted by Crippen LogP contribution is 2.18. The van der Waals surface area contributed by atoms with E-state index in [-0.39, 0.29) is 17.7 Å². The molecule has 0 aromatic heterocycles. The highest BCUT2D eigenvalue weighted by molar-refractivity contribution is 6.00. The minimum Gasteiger partial charge on any atom is -0.370 e. The van der Waals surface area contributed by atoms with E-state index in [4.69, 9.17) is 11.6 Å². The number of anilines is 1. The minimum absolute atomic E-state index is 0.00639. The highest BCUT2D eigenvalue weighted by atomic mass is 19.1. The van der Waals surface area contributed by atoms with Gasteiger partial charge in [0, 0.05) is 12.5 Å². The van der Waals surface area contributed by atoms with Crippen molar-refractivity contribution in [3.8, 4) is 0 Å². The Morgan fingerprint density at radius 1 is 1.44 bits per heavy atom. The van der Waals surface area contributed by atoms with E-state index < -0.39 is 23.7 Å². The molecule has 0 saturated heterocycles. The molecule has 6 nitrogen and oxygen atoms in total. The van der Waals surface area contributed by atoms with Gasteiger partial charge in [0.1, 0.15) is 5.82 Å². The topological polar surface area (TPSA) is 110 Å². The molecule has 1 rings (SSSR count). The van der Waals surface area contributed by atoms with Crippen molar-refractivity contribution in [3.05, 3.63) is 29.6 Å². The lowest BCUT2D eigenvalue weighted by atomic mass is 10.1. The average molecular weight is 254 g/mol. The van der Waals surface area contributed by atoms with Gasteiger partial charge >= 0.3 is 0 Å². The lowest BCUT2D eigenvalue weighted by molar-refractivity contribution is -0.118. The Kier molecular flexibility index (Phi) is 4.61. The predicted octanol–water partition coefficient (Wildman–Crippen LogP) is 0.105. The Hall–Kier alpha value is -2.15. The first-order valence-corrected chi connectivity index (χ1v) is 5.30. The number of nitrogen functional groups attached to an aromatic ring is 1. The number of carbonyl (C=O) groups is 2. The molecule has 98 valence electrons. The number of rotatable bonds is 5. The number of amides is 2. The number of halogens is 1. The molecule has 0 heterocycles. The molecule has 0 aliphatic carbocycles. The number of carbonyl (C=O) groups excluding carboxylic acids is 2. The molecular formula is C11H15FN4O2. The zero-order valence-corrected chi connectivity index (χ0v) is 9.87. The van der Waals surface area contributed by atoms with Crippen LogP contribution in [0, 0.1) is 5.82 Å². The molecule has 0 aliphatic heterocycles. The number of nitrogens with two attached hydrogens (primary N) is 2. The van der Waals surface area contributed by atoms with Crippen LogP contribution in [0.25, 0.3) is 0 Å². The summed E-state index contributed by atoms with van der Waals surface area (Å²) >= 11 is 0. The lowest BCUT2D eigenvalue weighted by Gasteiger charge is -2.14. The van der Waals surface area contributed by atoms with Gasteiger partial charge in [-0.05, 0) is 19.1 Å². The largest absolute Gasteiger partial charge is 0.370 e. The van der Waals surface area contributed by atoms with Gasteiger partial charge in [-0.15, -0.1) is 0 Å². The Morgan fingerprint density at radius 3 is 2.67 bits per heavy atom. The van der Waals surface area contributed by atoms with Crippen molar-refractivity contribution in [1.82, 2.24) is 5.32 Å². The molecule has 1 aromatic rings. The van der Waals surface area contributed by atoms with E-state index >= 15 is 0 Å². The molecular weight excluding hydrogens is 239 g/mol. The van der Waals surface area contributed by atoms with E-state index in [9.17, 15) is 14.0 Å². The fraction of sp³-hybridized carbons (Fsp3) is 0.273. The van der Waals surface area contributed by atoms with Crippen molar-refractivity contribution in [2.75, 3.05) is 5.43 Å². The van der Waals surface area contributed by atoms with Crippen LogP contribution in [-0.4, -0.2) is 17.9 Å². The smallest absolute Gasteiger partial charge is 0.253 e. The van der Waals surface area contributed by atoms with Crippen LogP contribution in [0.15, 0.2) is 18.2 Å². The second-order valence-corrected chi connectivity index (χ2v) is 3.85. The van der Waals surface area contributed by atoms with Crippen LogP contribution in [0.5, 0.6) is 0 Å². The summed E-state index contributed by atoms with van der Waals surface area (Å²) in [5, 5.41) is 2.53. The molecule has 1 unspecified atom stereocenters. The molecule has 1 atom stereocenters. The second-order valence-electron chi connectivity index (χ2n) is 3.85. The third-order valence-electron chi connectivity index (χ3n) is 2.29. The van der Waals surface area contributed by atoms with Crippen molar-refractivity contribution >= 4 is 17.5 Å². The number of benzene rings is 1. The molecule has 0 aliphatic rings. The molecule has 6 N–H and O–H groups in total. The van der Waals surface area contributed by atoms with Gasteiger partial charge in [-0.1, -0.05) is 6.07 Å². The van der Waals surface area contributed by atoms with E-state index in [1.807, 2.05) is 0 Å². The number of hydrogen-bond acceptors (Lipinski definition) is 4. The molecule has 0 saturated carbocycles. The van der Waals surface area contributed by atoms with E-state index in [1.54, 1.807) is 6.92 Å². The van der Waals surface area contributed by atoms with E-state index in [0.29, 0.717) is 0 Å². The summed E-state index contributed by atoms with van der Waals surface area (Å²) in [5.74, 6) is 3.47. The average Bonchev–Trinajstić information content (AvgIpc) is 2.27. The van der Waals surface area contributed by atoms with Crippen LogP contribution in [0.2, 0.25) is 0 Å². The monoisotopic (exact) mass is 254 g/mol. The SMILES string of the molecule is CC(CC(N)=O)NC(=O)c1cccc(F)c1NN.